The smallest absolute Gasteiger partial charge is 0.389 e. The second kappa shape index (κ2) is 6.27. The predicted octanol–water partition coefficient (Wildman–Crippen LogP) is 2.21. The van der Waals surface area contributed by atoms with Crippen LogP contribution in [0.5, 0.6) is 5.88 Å². The van der Waals surface area contributed by atoms with E-state index in [1.54, 1.807) is 6.92 Å². The monoisotopic (exact) mass is 264 g/mol. The Kier molecular flexibility index (Phi) is 4.99. The number of ether oxygens (including phenoxy) is 1. The van der Waals surface area contributed by atoms with E-state index < -0.39 is 12.6 Å². The summed E-state index contributed by atoms with van der Waals surface area (Å²) in [5.74, 6) is 0.515. The molecule has 3 N–H and O–H groups in total. The lowest BCUT2D eigenvalue weighted by atomic mass is 10.3. The number of hydrogen-bond acceptors (Lipinski definition) is 5. The minimum atomic E-state index is -4.14. The number of nitrogens with zero attached hydrogens (tertiary/aromatic N) is 2. The molecule has 1 aromatic rings. The second-order valence-corrected chi connectivity index (χ2v) is 3.52. The van der Waals surface area contributed by atoms with Crippen molar-refractivity contribution < 1.29 is 17.9 Å². The average Bonchev–Trinajstić information content (AvgIpc) is 2.28. The molecule has 0 unspecified atom stereocenters. The molecule has 0 spiro atoms. The highest BCUT2D eigenvalue weighted by Gasteiger charge is 2.25. The lowest BCUT2D eigenvalue weighted by Gasteiger charge is -2.11. The van der Waals surface area contributed by atoms with E-state index >= 15 is 0 Å². The molecule has 1 heterocycles. The molecule has 0 aliphatic rings. The number of rotatable bonds is 6. The first-order chi connectivity index (χ1) is 8.44. The topological polar surface area (TPSA) is 73.1 Å². The number of alkyl halides is 3. The van der Waals surface area contributed by atoms with Crippen LogP contribution in [0.15, 0.2) is 6.33 Å². The van der Waals surface area contributed by atoms with E-state index in [0.717, 1.165) is 0 Å². The Balaban J connectivity index is 2.50. The number of nitrogens with one attached hydrogen (secondary N) is 1. The number of anilines is 2. The Bertz CT molecular complexity index is 384. The highest BCUT2D eigenvalue weighted by molar-refractivity contribution is 5.66. The third-order valence-electron chi connectivity index (χ3n) is 2.06. The van der Waals surface area contributed by atoms with Crippen LogP contribution in [0.2, 0.25) is 0 Å². The summed E-state index contributed by atoms with van der Waals surface area (Å²) in [7, 11) is 0. The summed E-state index contributed by atoms with van der Waals surface area (Å²) < 4.78 is 40.9. The van der Waals surface area contributed by atoms with Gasteiger partial charge in [-0.3, -0.25) is 0 Å². The molecule has 1 aromatic heterocycles. The van der Waals surface area contributed by atoms with Gasteiger partial charge in [-0.05, 0) is 13.3 Å². The van der Waals surface area contributed by atoms with Crippen LogP contribution in [-0.4, -0.2) is 29.3 Å². The van der Waals surface area contributed by atoms with E-state index in [0.29, 0.717) is 6.61 Å². The van der Waals surface area contributed by atoms with E-state index in [1.807, 2.05) is 0 Å². The van der Waals surface area contributed by atoms with Crippen LogP contribution >= 0.6 is 0 Å². The van der Waals surface area contributed by atoms with Crippen molar-refractivity contribution >= 4 is 11.5 Å². The van der Waals surface area contributed by atoms with Crippen molar-refractivity contribution in [3.05, 3.63) is 6.33 Å². The molecule has 0 aromatic carbocycles. The van der Waals surface area contributed by atoms with Gasteiger partial charge < -0.3 is 15.8 Å². The third-order valence-corrected chi connectivity index (χ3v) is 2.06. The number of hydrogen-bond donors (Lipinski definition) is 2. The lowest BCUT2D eigenvalue weighted by molar-refractivity contribution is -0.134. The fourth-order valence-corrected chi connectivity index (χ4v) is 1.27. The summed E-state index contributed by atoms with van der Waals surface area (Å²) in [4.78, 5) is 7.66. The Morgan fingerprint density at radius 3 is 2.72 bits per heavy atom. The summed E-state index contributed by atoms with van der Waals surface area (Å²) in [5.41, 5.74) is 5.90. The lowest BCUT2D eigenvalue weighted by Crippen LogP contribution is -2.13. The van der Waals surface area contributed by atoms with Gasteiger partial charge in [0.25, 0.3) is 0 Å². The number of halogens is 3. The fourth-order valence-electron chi connectivity index (χ4n) is 1.27. The maximum absolute atomic E-state index is 11.9. The molecule has 0 bridgehead atoms. The van der Waals surface area contributed by atoms with Crippen molar-refractivity contribution in [1.29, 1.82) is 0 Å². The van der Waals surface area contributed by atoms with Crippen molar-refractivity contribution in [3.8, 4) is 5.88 Å². The molecule has 0 atom stereocenters. The van der Waals surface area contributed by atoms with Crippen molar-refractivity contribution in [1.82, 2.24) is 9.97 Å². The zero-order valence-electron chi connectivity index (χ0n) is 9.92. The molecule has 0 aliphatic heterocycles. The van der Waals surface area contributed by atoms with E-state index in [9.17, 15) is 13.2 Å². The van der Waals surface area contributed by atoms with E-state index in [4.69, 9.17) is 10.5 Å². The molecular formula is C10H15F3N4O. The van der Waals surface area contributed by atoms with Gasteiger partial charge in [-0.2, -0.15) is 18.2 Å². The first-order valence-electron chi connectivity index (χ1n) is 5.48. The molecule has 1 rings (SSSR count). The van der Waals surface area contributed by atoms with Crippen LogP contribution in [0.25, 0.3) is 0 Å². The van der Waals surface area contributed by atoms with Crippen LogP contribution in [0.3, 0.4) is 0 Å². The summed E-state index contributed by atoms with van der Waals surface area (Å²) in [6.45, 7) is 2.30. The molecule has 8 heteroatoms. The Hall–Kier alpha value is -1.73. The van der Waals surface area contributed by atoms with Gasteiger partial charge in [0.05, 0.1) is 6.61 Å². The van der Waals surface area contributed by atoms with E-state index in [1.165, 1.54) is 6.33 Å². The van der Waals surface area contributed by atoms with Crippen LogP contribution in [0.1, 0.15) is 19.8 Å². The van der Waals surface area contributed by atoms with Gasteiger partial charge in [-0.25, -0.2) is 4.98 Å². The first-order valence-corrected chi connectivity index (χ1v) is 5.48. The van der Waals surface area contributed by atoms with Crippen LogP contribution in [-0.2, 0) is 0 Å². The number of aromatic nitrogens is 2. The minimum absolute atomic E-state index is 0.0447. The molecule has 0 radical (unpaired) electrons. The Labute approximate surface area is 103 Å². The molecule has 18 heavy (non-hydrogen) atoms. The highest BCUT2D eigenvalue weighted by Crippen LogP contribution is 2.25. The van der Waals surface area contributed by atoms with Gasteiger partial charge in [0, 0.05) is 13.0 Å². The van der Waals surface area contributed by atoms with Gasteiger partial charge in [0.1, 0.15) is 12.0 Å². The molecule has 0 aliphatic carbocycles. The van der Waals surface area contributed by atoms with Crippen molar-refractivity contribution in [2.24, 2.45) is 0 Å². The van der Waals surface area contributed by atoms with Crippen LogP contribution in [0.4, 0.5) is 24.7 Å². The molecule has 5 nitrogen and oxygen atoms in total. The quantitative estimate of drug-likeness (QED) is 0.771. The van der Waals surface area contributed by atoms with Gasteiger partial charge in [0.2, 0.25) is 5.88 Å². The summed E-state index contributed by atoms with van der Waals surface area (Å²) in [5, 5.41) is 2.73. The molecule has 0 amide bonds. The Morgan fingerprint density at radius 2 is 2.11 bits per heavy atom. The van der Waals surface area contributed by atoms with Crippen LogP contribution in [0, 0.1) is 0 Å². The first kappa shape index (κ1) is 14.3. The normalized spacial score (nSPS) is 11.3. The molecule has 102 valence electrons. The summed E-state index contributed by atoms with van der Waals surface area (Å²) in [6.07, 6.45) is -3.79. The van der Waals surface area contributed by atoms with E-state index in [2.05, 4.69) is 15.3 Å². The fraction of sp³-hybridized carbons (Fsp3) is 0.600. The molecular weight excluding hydrogens is 249 g/mol. The maximum Gasteiger partial charge on any atom is 0.389 e. The van der Waals surface area contributed by atoms with Crippen molar-refractivity contribution in [2.45, 2.75) is 25.9 Å². The predicted molar refractivity (Wildman–Crippen MR) is 61.4 cm³/mol. The summed E-state index contributed by atoms with van der Waals surface area (Å²) in [6, 6.07) is 0. The average molecular weight is 264 g/mol. The van der Waals surface area contributed by atoms with Crippen molar-refractivity contribution in [2.75, 3.05) is 24.2 Å². The van der Waals surface area contributed by atoms with Crippen molar-refractivity contribution in [3.63, 3.8) is 0 Å². The minimum Gasteiger partial charge on any atom is -0.476 e. The third kappa shape index (κ3) is 4.64. The van der Waals surface area contributed by atoms with Gasteiger partial charge in [-0.15, -0.1) is 0 Å². The van der Waals surface area contributed by atoms with Gasteiger partial charge in [0.15, 0.2) is 5.82 Å². The van der Waals surface area contributed by atoms with Gasteiger partial charge in [-0.1, -0.05) is 0 Å². The van der Waals surface area contributed by atoms with E-state index in [-0.39, 0.29) is 30.4 Å². The molecule has 0 saturated carbocycles. The maximum atomic E-state index is 11.9. The highest BCUT2D eigenvalue weighted by atomic mass is 19.4. The number of nitrogens with two attached hydrogens (primary N) is 1. The largest absolute Gasteiger partial charge is 0.476 e. The van der Waals surface area contributed by atoms with Crippen LogP contribution < -0.4 is 15.8 Å². The molecule has 0 fully saturated rings. The summed E-state index contributed by atoms with van der Waals surface area (Å²) >= 11 is 0. The van der Waals surface area contributed by atoms with Gasteiger partial charge >= 0.3 is 6.18 Å². The number of nitrogen functional groups attached to an aromatic ring is 1. The molecule has 0 saturated heterocycles. The zero-order chi connectivity index (χ0) is 13.6. The second-order valence-electron chi connectivity index (χ2n) is 3.52. The zero-order valence-corrected chi connectivity index (χ0v) is 9.92. The SMILES string of the molecule is CCOc1ncnc(NCCCC(F)(F)F)c1N. The Morgan fingerprint density at radius 1 is 1.39 bits per heavy atom. The standard InChI is InChI=1S/C10H15F3N4O/c1-2-18-9-7(14)8(16-6-17-9)15-5-3-4-10(11,12)13/h6H,2-5,14H2,1H3,(H,15,16,17).